The molecule has 1 heterocycles. The Hall–Kier alpha value is -0.980. The zero-order valence-corrected chi connectivity index (χ0v) is 11.7. The van der Waals surface area contributed by atoms with Crippen LogP contribution < -0.4 is 10.5 Å². The van der Waals surface area contributed by atoms with E-state index in [0.29, 0.717) is 0 Å². The maximum absolute atomic E-state index is 12.0. The van der Waals surface area contributed by atoms with Crippen molar-refractivity contribution in [2.45, 2.75) is 25.2 Å². The molecular weight excluding hydrogens is 293 g/mol. The summed E-state index contributed by atoms with van der Waals surface area (Å²) in [7, 11) is 0. The van der Waals surface area contributed by atoms with Crippen molar-refractivity contribution >= 4 is 12.4 Å². The van der Waals surface area contributed by atoms with E-state index < -0.39 is 6.36 Å². The molecule has 2 N–H and O–H groups in total. The van der Waals surface area contributed by atoms with E-state index in [-0.39, 0.29) is 24.2 Å². The molecule has 0 bridgehead atoms. The summed E-state index contributed by atoms with van der Waals surface area (Å²) in [6.07, 6.45) is -2.28. The molecular formula is C13H18ClF3N2O. The largest absolute Gasteiger partial charge is 0.573 e. The number of ether oxygens (including phenoxy) is 1. The highest BCUT2D eigenvalue weighted by Crippen LogP contribution is 2.24. The van der Waals surface area contributed by atoms with Gasteiger partial charge in [0.05, 0.1) is 0 Å². The number of hydrogen-bond donors (Lipinski definition) is 1. The number of hydrogen-bond acceptors (Lipinski definition) is 3. The molecule has 1 aromatic rings. The van der Waals surface area contributed by atoms with Crippen LogP contribution in [-0.2, 0) is 0 Å². The van der Waals surface area contributed by atoms with Crippen LogP contribution >= 0.6 is 12.4 Å². The maximum atomic E-state index is 12.0. The molecule has 0 amide bonds. The van der Waals surface area contributed by atoms with Crippen molar-refractivity contribution < 1.29 is 17.9 Å². The van der Waals surface area contributed by atoms with Crippen molar-refractivity contribution in [1.82, 2.24) is 4.90 Å². The molecule has 7 heteroatoms. The second-order valence-electron chi connectivity index (χ2n) is 4.73. The maximum Gasteiger partial charge on any atom is 0.573 e. The molecule has 3 nitrogen and oxygen atoms in total. The molecule has 0 radical (unpaired) electrons. The molecule has 20 heavy (non-hydrogen) atoms. The topological polar surface area (TPSA) is 38.5 Å². The lowest BCUT2D eigenvalue weighted by Gasteiger charge is -2.20. The summed E-state index contributed by atoms with van der Waals surface area (Å²) in [4.78, 5) is 2.27. The number of nitrogens with zero attached hydrogens (tertiary/aromatic N) is 1. The molecule has 1 aromatic carbocycles. The van der Waals surface area contributed by atoms with E-state index in [0.717, 1.165) is 25.2 Å². The highest BCUT2D eigenvalue weighted by atomic mass is 35.5. The molecule has 1 atom stereocenters. The highest BCUT2D eigenvalue weighted by Gasteiger charge is 2.31. The molecule has 1 aliphatic heterocycles. The molecule has 2 rings (SSSR count). The normalized spacial score (nSPS) is 17.6. The molecule has 0 spiro atoms. The van der Waals surface area contributed by atoms with E-state index in [2.05, 4.69) is 9.64 Å². The second-order valence-corrected chi connectivity index (χ2v) is 4.73. The quantitative estimate of drug-likeness (QED) is 0.928. The predicted molar refractivity (Wildman–Crippen MR) is 73.0 cm³/mol. The Bertz CT molecular complexity index is 405. The molecule has 1 fully saturated rings. The van der Waals surface area contributed by atoms with E-state index in [1.807, 2.05) is 0 Å². The number of halogens is 4. The monoisotopic (exact) mass is 310 g/mol. The molecule has 0 aromatic heterocycles. The molecule has 0 saturated carbocycles. The van der Waals surface area contributed by atoms with Crippen LogP contribution in [0.25, 0.3) is 0 Å². The van der Waals surface area contributed by atoms with Crippen LogP contribution in [0.3, 0.4) is 0 Å². The molecule has 1 saturated heterocycles. The van der Waals surface area contributed by atoms with Gasteiger partial charge in [-0.1, -0.05) is 12.1 Å². The predicted octanol–water partition coefficient (Wildman–Crippen LogP) is 3.10. The van der Waals surface area contributed by atoms with Crippen LogP contribution in [0.15, 0.2) is 24.3 Å². The van der Waals surface area contributed by atoms with Crippen molar-refractivity contribution in [3.63, 3.8) is 0 Å². The molecule has 114 valence electrons. The van der Waals surface area contributed by atoms with Crippen LogP contribution in [0.5, 0.6) is 5.75 Å². The van der Waals surface area contributed by atoms with Gasteiger partial charge in [0.15, 0.2) is 0 Å². The zero-order chi connectivity index (χ0) is 13.9. The second kappa shape index (κ2) is 7.15. The van der Waals surface area contributed by atoms with Gasteiger partial charge in [-0.25, -0.2) is 0 Å². The summed E-state index contributed by atoms with van der Waals surface area (Å²) >= 11 is 0. The van der Waals surface area contributed by atoms with E-state index in [4.69, 9.17) is 5.73 Å². The van der Waals surface area contributed by atoms with E-state index >= 15 is 0 Å². The van der Waals surface area contributed by atoms with Crippen molar-refractivity contribution in [2.75, 3.05) is 19.6 Å². The van der Waals surface area contributed by atoms with Crippen molar-refractivity contribution in [3.8, 4) is 5.75 Å². The average molecular weight is 311 g/mol. The number of rotatable bonds is 4. The fourth-order valence-corrected chi connectivity index (χ4v) is 2.27. The lowest BCUT2D eigenvalue weighted by Crippen LogP contribution is -2.29. The number of likely N-dealkylation sites (tertiary alicyclic amines) is 1. The average Bonchev–Trinajstić information content (AvgIpc) is 2.80. The standard InChI is InChI=1S/C13H17F3N2O.ClH/c14-13(15,16)19-11-5-3-10(4-6-11)12(17)9-18-7-1-2-8-18;/h3-6,12H,1-2,7-9,17H2;1H. The molecule has 1 aliphatic rings. The van der Waals surface area contributed by atoms with Gasteiger partial charge < -0.3 is 15.4 Å². The first-order valence-electron chi connectivity index (χ1n) is 6.28. The van der Waals surface area contributed by atoms with Crippen LogP contribution in [0.4, 0.5) is 13.2 Å². The summed E-state index contributed by atoms with van der Waals surface area (Å²) in [6, 6.07) is 5.58. The Morgan fingerprint density at radius 3 is 2.20 bits per heavy atom. The van der Waals surface area contributed by atoms with Crippen molar-refractivity contribution in [3.05, 3.63) is 29.8 Å². The number of nitrogens with two attached hydrogens (primary N) is 1. The van der Waals surface area contributed by atoms with E-state index in [1.165, 1.54) is 25.0 Å². The highest BCUT2D eigenvalue weighted by molar-refractivity contribution is 5.85. The molecule has 1 unspecified atom stereocenters. The summed E-state index contributed by atoms with van der Waals surface area (Å²) in [5.41, 5.74) is 6.87. The van der Waals surface area contributed by atoms with Gasteiger partial charge >= 0.3 is 6.36 Å². The summed E-state index contributed by atoms with van der Waals surface area (Å²) in [5, 5.41) is 0. The lowest BCUT2D eigenvalue weighted by molar-refractivity contribution is -0.274. The van der Waals surface area contributed by atoms with Gasteiger partial charge in [0.25, 0.3) is 0 Å². The van der Waals surface area contributed by atoms with Gasteiger partial charge in [-0.05, 0) is 43.6 Å². The Kier molecular flexibility index (Phi) is 6.10. The minimum Gasteiger partial charge on any atom is -0.406 e. The first-order chi connectivity index (χ1) is 8.94. The summed E-state index contributed by atoms with van der Waals surface area (Å²) < 4.78 is 39.9. The number of alkyl halides is 3. The van der Waals surface area contributed by atoms with Crippen LogP contribution in [0, 0.1) is 0 Å². The zero-order valence-electron chi connectivity index (χ0n) is 10.9. The first-order valence-corrected chi connectivity index (χ1v) is 6.28. The SMILES string of the molecule is Cl.NC(CN1CCCC1)c1ccc(OC(F)(F)F)cc1. The van der Waals surface area contributed by atoms with Gasteiger partial charge in [-0.3, -0.25) is 0 Å². The van der Waals surface area contributed by atoms with Gasteiger partial charge in [0.2, 0.25) is 0 Å². The summed E-state index contributed by atoms with van der Waals surface area (Å²) in [6.45, 7) is 2.82. The minimum absolute atomic E-state index is 0. The third kappa shape index (κ3) is 5.19. The van der Waals surface area contributed by atoms with E-state index in [9.17, 15) is 13.2 Å². The van der Waals surface area contributed by atoms with Gasteiger partial charge in [-0.15, -0.1) is 25.6 Å². The lowest BCUT2D eigenvalue weighted by atomic mass is 10.1. The third-order valence-corrected chi connectivity index (χ3v) is 3.20. The van der Waals surface area contributed by atoms with Crippen LogP contribution in [0.1, 0.15) is 24.4 Å². The third-order valence-electron chi connectivity index (χ3n) is 3.20. The van der Waals surface area contributed by atoms with Gasteiger partial charge in [0.1, 0.15) is 5.75 Å². The van der Waals surface area contributed by atoms with Crippen LogP contribution in [-0.4, -0.2) is 30.9 Å². The van der Waals surface area contributed by atoms with Gasteiger partial charge in [0, 0.05) is 12.6 Å². The van der Waals surface area contributed by atoms with Gasteiger partial charge in [-0.2, -0.15) is 0 Å². The van der Waals surface area contributed by atoms with Crippen molar-refractivity contribution in [1.29, 1.82) is 0 Å². The fraction of sp³-hybridized carbons (Fsp3) is 0.538. The Balaban J connectivity index is 0.00000200. The van der Waals surface area contributed by atoms with Crippen molar-refractivity contribution in [2.24, 2.45) is 5.73 Å². The minimum atomic E-state index is -4.65. The number of benzene rings is 1. The molecule has 0 aliphatic carbocycles. The Morgan fingerprint density at radius 2 is 1.70 bits per heavy atom. The van der Waals surface area contributed by atoms with Crippen LogP contribution in [0.2, 0.25) is 0 Å². The smallest absolute Gasteiger partial charge is 0.406 e. The summed E-state index contributed by atoms with van der Waals surface area (Å²) in [5.74, 6) is -0.218. The van der Waals surface area contributed by atoms with E-state index in [1.54, 1.807) is 12.1 Å². The fourth-order valence-electron chi connectivity index (χ4n) is 2.27. The Labute approximate surface area is 122 Å². The first kappa shape index (κ1) is 17.1. The Morgan fingerprint density at radius 1 is 1.15 bits per heavy atom.